The average Bonchev–Trinajstić information content (AvgIpc) is 0.767. The van der Waals surface area contributed by atoms with Crippen LogP contribution in [0, 0.1) is 0 Å². The zero-order chi connectivity index (χ0) is 75.7. The van der Waals surface area contributed by atoms with Crippen molar-refractivity contribution in [3.63, 3.8) is 0 Å². The minimum absolute atomic E-state index is 0.0269. The lowest BCUT2D eigenvalue weighted by molar-refractivity contribution is -0.368. The summed E-state index contributed by atoms with van der Waals surface area (Å²) >= 11 is 0. The first-order valence-electron chi connectivity index (χ1n) is 33.9. The highest BCUT2D eigenvalue weighted by Crippen LogP contribution is 2.37. The Balaban J connectivity index is 1.12. The van der Waals surface area contributed by atoms with E-state index in [1.165, 1.54) is 31.9 Å². The fraction of sp³-hybridized carbons (Fsp3) is 0.794. The predicted octanol–water partition coefficient (Wildman–Crippen LogP) is -7.46. The lowest BCUT2D eigenvalue weighted by Gasteiger charge is -2.51. The normalized spacial score (nSPS) is 38.7. The summed E-state index contributed by atoms with van der Waals surface area (Å²) in [4.78, 5) is 65.5. The number of aliphatic hydroxyl groups is 13. The van der Waals surface area contributed by atoms with Crippen molar-refractivity contribution in [2.24, 2.45) is 0 Å². The van der Waals surface area contributed by atoms with E-state index in [0.717, 1.165) is 60.5 Å². The molecule has 5 amide bonds. The summed E-state index contributed by atoms with van der Waals surface area (Å²) in [5.41, 5.74) is 0.0269. The van der Waals surface area contributed by atoms with Gasteiger partial charge in [-0.2, -0.15) is 8.42 Å². The third-order valence-electron chi connectivity index (χ3n) is 18.0. The Hall–Kier alpha value is -4.98. The van der Waals surface area contributed by atoms with Crippen LogP contribution in [0.5, 0.6) is 5.75 Å². The van der Waals surface area contributed by atoms with Gasteiger partial charge in [-0.3, -0.25) is 28.2 Å². The van der Waals surface area contributed by atoms with Crippen molar-refractivity contribution < 1.29 is 164 Å². The topological polar surface area (TPSA) is 572 Å². The summed E-state index contributed by atoms with van der Waals surface area (Å²) in [5, 5.41) is 158. The third kappa shape index (κ3) is 22.6. The van der Waals surface area contributed by atoms with Gasteiger partial charge in [0, 0.05) is 33.3 Å². The van der Waals surface area contributed by atoms with Crippen molar-refractivity contribution in [2.75, 3.05) is 46.8 Å². The first kappa shape index (κ1) is 85.3. The lowest BCUT2D eigenvalue weighted by Crippen LogP contribution is -2.72. The van der Waals surface area contributed by atoms with Crippen LogP contribution in [0.15, 0.2) is 36.4 Å². The molecule has 0 aromatic heterocycles. The van der Waals surface area contributed by atoms with Gasteiger partial charge in [-0.05, 0) is 50.8 Å². The number of carbonyl (C=O) groups excluding carboxylic acids is 5. The molecule has 0 spiro atoms. The average molecular weight is 1500 g/mol. The van der Waals surface area contributed by atoms with E-state index in [4.69, 9.17) is 61.0 Å². The summed E-state index contributed by atoms with van der Waals surface area (Å²) in [6.07, 6.45) is -35.8. The highest BCUT2D eigenvalue weighted by atomic mass is 32.3. The molecule has 1 aromatic rings. The zero-order valence-corrected chi connectivity index (χ0v) is 58.6. The minimum atomic E-state index is -4.93. The number of hydrogen-bond donors (Lipinski definition) is 18. The maximum absolute atomic E-state index is 14.0. The summed E-state index contributed by atoms with van der Waals surface area (Å²) in [6.45, 7) is 2.73. The fourth-order valence-electron chi connectivity index (χ4n) is 12.6. The summed E-state index contributed by atoms with van der Waals surface area (Å²) in [7, 11) is -4.21. The van der Waals surface area contributed by atoms with Gasteiger partial charge in [0.1, 0.15) is 146 Å². The van der Waals surface area contributed by atoms with Crippen LogP contribution in [0.2, 0.25) is 0 Å². The second-order valence-corrected chi connectivity index (χ2v) is 27.1. The molecule has 6 aliphatic rings. The van der Waals surface area contributed by atoms with Crippen molar-refractivity contribution >= 4 is 39.9 Å². The highest BCUT2D eigenvalue weighted by molar-refractivity contribution is 7.81. The van der Waals surface area contributed by atoms with E-state index in [-0.39, 0.29) is 5.56 Å². The molecule has 0 radical (unpaired) electrons. The maximum Gasteiger partial charge on any atom is 0.399 e. The Morgan fingerprint density at radius 2 is 0.932 bits per heavy atom. The lowest BCUT2D eigenvalue weighted by atomic mass is 9.93. The number of benzene rings is 1. The molecule has 0 aliphatic carbocycles. The van der Waals surface area contributed by atoms with Gasteiger partial charge in [-0.15, -0.1) is 0 Å². The quantitative estimate of drug-likeness (QED) is 0.0225. The SMILES string of the molecule is CCCCCC/C=C\CCCOc1cccc(C(=O)NC2C(OC3C(CO)OC(OC4C(CO)OC(OC5C(COS(=O)(=O)OC)OC(OC6C(COC7OC(C)C(O)C(O)C7O)OC(O)C(NC(C)=O)C6O)C(NC(C)=O)C5O)C(NC(C)=O)C4O)C(NC(C)=O)C3O)OC(CO)C(O)C2O)c1. The summed E-state index contributed by atoms with van der Waals surface area (Å²) < 4.78 is 107. The minimum Gasteiger partial charge on any atom is -0.494 e. The van der Waals surface area contributed by atoms with Gasteiger partial charge in [0.05, 0.1) is 52.9 Å². The summed E-state index contributed by atoms with van der Waals surface area (Å²) in [6, 6.07) is -3.00. The van der Waals surface area contributed by atoms with Crippen LogP contribution in [0.1, 0.15) is 96.8 Å². The van der Waals surface area contributed by atoms with E-state index >= 15 is 0 Å². The van der Waals surface area contributed by atoms with Gasteiger partial charge < -0.3 is 150 Å². The number of nitrogens with one attached hydrogen (secondary N) is 5. The number of carbonyl (C=O) groups is 5. The van der Waals surface area contributed by atoms with Crippen molar-refractivity contribution in [2.45, 2.75) is 270 Å². The molecule has 18 N–H and O–H groups in total. The van der Waals surface area contributed by atoms with Gasteiger partial charge in [-0.25, -0.2) is 4.18 Å². The van der Waals surface area contributed by atoms with E-state index in [1.807, 2.05) is 0 Å². The van der Waals surface area contributed by atoms with Crippen LogP contribution in [0.3, 0.4) is 0 Å². The number of unbranched alkanes of at least 4 members (excludes halogenated alkanes) is 5. The molecule has 7 rings (SSSR count). The molecule has 0 bridgehead atoms. The van der Waals surface area contributed by atoms with Crippen LogP contribution < -0.4 is 31.3 Å². The Kier molecular flexibility index (Phi) is 32.9. The highest BCUT2D eigenvalue weighted by Gasteiger charge is 2.58. The monoisotopic (exact) mass is 1500 g/mol. The maximum atomic E-state index is 14.0. The summed E-state index contributed by atoms with van der Waals surface area (Å²) in [5.74, 6) is -3.99. The fourth-order valence-corrected chi connectivity index (χ4v) is 13.0. The Morgan fingerprint density at radius 1 is 0.485 bits per heavy atom. The molecule has 0 saturated carbocycles. The van der Waals surface area contributed by atoms with E-state index in [2.05, 4.69) is 49.8 Å². The van der Waals surface area contributed by atoms with E-state index in [0.29, 0.717) is 18.8 Å². The molecule has 588 valence electrons. The molecule has 40 heteroatoms. The van der Waals surface area contributed by atoms with Crippen LogP contribution in [-0.2, 0) is 90.0 Å². The number of hydrogen-bond acceptors (Lipinski definition) is 34. The standard InChI is InChI=1S/C63H101N5O34S/c1-8-9-10-11-12-13-14-15-16-20-90-33-19-17-18-32(21-33)57(85)68-40-46(78)45(77)34(22-69)95-59(40)99-53-35(23-70)96-60(41(48(53)80)65-29(4)73)100-54-36(24-71)97-61(42(49(54)81)66-30(5)74)102-56-38(26-92-103(87,88)89-7)98-62(43(50(56)82)67-31(6)75)101-55-37(94-58(86)39(47(55)79)64-28(3)72)25-91-63-52(84)51(83)44(76)27(2)93-63/h13-14,17-19,21,27,34-56,58-63,69-71,76-84,86H,8-12,15-16,20,22-26H2,1-7H3,(H,64,72)(H,65,73)(H,66,74)(H,67,75)(H,68,85)/b14-13-. The van der Waals surface area contributed by atoms with Gasteiger partial charge in [-0.1, -0.05) is 44.4 Å². The van der Waals surface area contributed by atoms with E-state index in [9.17, 15) is 98.8 Å². The second kappa shape index (κ2) is 39.7. The molecule has 39 nitrogen and oxygen atoms in total. The van der Waals surface area contributed by atoms with E-state index < -0.39 is 257 Å². The van der Waals surface area contributed by atoms with Crippen LogP contribution in [-0.4, -0.2) is 335 Å². The third-order valence-corrected chi connectivity index (χ3v) is 18.8. The Labute approximate surface area is 593 Å². The molecule has 1 aromatic carbocycles. The molecule has 6 aliphatic heterocycles. The number of aliphatic hydroxyl groups excluding tert-OH is 13. The number of allylic oxidation sites excluding steroid dienone is 2. The number of amides is 5. The largest absolute Gasteiger partial charge is 0.494 e. The van der Waals surface area contributed by atoms with Crippen LogP contribution >= 0.6 is 0 Å². The van der Waals surface area contributed by atoms with Crippen molar-refractivity contribution in [3.8, 4) is 5.75 Å². The van der Waals surface area contributed by atoms with Gasteiger partial charge >= 0.3 is 10.4 Å². The zero-order valence-electron chi connectivity index (χ0n) is 57.8. The molecule has 103 heavy (non-hydrogen) atoms. The smallest absolute Gasteiger partial charge is 0.399 e. The number of ether oxygens (including phenoxy) is 12. The predicted molar refractivity (Wildman–Crippen MR) is 343 cm³/mol. The number of rotatable bonds is 34. The van der Waals surface area contributed by atoms with Crippen molar-refractivity contribution in [3.05, 3.63) is 42.0 Å². The Morgan fingerprint density at radius 3 is 1.42 bits per heavy atom. The Bertz CT molecular complexity index is 3010. The molecule has 6 saturated heterocycles. The van der Waals surface area contributed by atoms with Gasteiger partial charge in [0.25, 0.3) is 5.91 Å². The van der Waals surface area contributed by atoms with Crippen molar-refractivity contribution in [1.29, 1.82) is 0 Å². The van der Waals surface area contributed by atoms with E-state index in [1.54, 1.807) is 12.1 Å². The molecule has 6 fully saturated rings. The molecule has 6 heterocycles. The van der Waals surface area contributed by atoms with Crippen LogP contribution in [0.4, 0.5) is 0 Å². The van der Waals surface area contributed by atoms with Gasteiger partial charge in [0.2, 0.25) is 23.6 Å². The molecule has 30 atom stereocenters. The molecular weight excluding hydrogens is 1400 g/mol. The van der Waals surface area contributed by atoms with Crippen LogP contribution in [0.25, 0.3) is 0 Å². The second-order valence-electron chi connectivity index (χ2n) is 25.7. The first-order valence-corrected chi connectivity index (χ1v) is 35.2. The van der Waals surface area contributed by atoms with Crippen molar-refractivity contribution in [1.82, 2.24) is 26.6 Å². The molecule has 30 unspecified atom stereocenters. The molecular formula is C63H101N5O34S. The van der Waals surface area contributed by atoms with Gasteiger partial charge in [0.15, 0.2) is 37.7 Å². The first-order chi connectivity index (χ1) is 48.9.